The van der Waals surface area contributed by atoms with Crippen molar-refractivity contribution in [3.63, 3.8) is 0 Å². The largest absolute Gasteiger partial charge is 0.447 e. The molecule has 0 unspecified atom stereocenters. The molecular weight excluding hydrogens is 206 g/mol. The van der Waals surface area contributed by atoms with Gasteiger partial charge in [0.05, 0.1) is 6.54 Å². The minimum absolute atomic E-state index is 0.112. The van der Waals surface area contributed by atoms with E-state index in [9.17, 15) is 9.59 Å². The Morgan fingerprint density at radius 3 is 2.94 bits per heavy atom. The third kappa shape index (κ3) is 2.21. The Hall–Kier alpha value is -1.84. The number of Topliss-reactive ketones (excluding diaryl/α,β-unsaturated/α-hetero) is 1. The Morgan fingerprint density at radius 2 is 2.31 bits per heavy atom. The Balaban J connectivity index is 2.21. The number of ether oxygens (including phenoxy) is 1. The van der Waals surface area contributed by atoms with Crippen molar-refractivity contribution in [1.29, 1.82) is 0 Å². The van der Waals surface area contributed by atoms with Crippen LogP contribution < -0.4 is 4.90 Å². The lowest BCUT2D eigenvalue weighted by Gasteiger charge is -2.13. The number of hydrogen-bond acceptors (Lipinski definition) is 3. The summed E-state index contributed by atoms with van der Waals surface area (Å²) in [4.78, 5) is 23.9. The average Bonchev–Trinajstić information content (AvgIpc) is 2.64. The van der Waals surface area contributed by atoms with Gasteiger partial charge >= 0.3 is 6.09 Å². The van der Waals surface area contributed by atoms with Crippen LogP contribution in [0.5, 0.6) is 0 Å². The van der Waals surface area contributed by atoms with Crippen LogP contribution in [0.3, 0.4) is 0 Å². The highest BCUT2D eigenvalue weighted by Crippen LogP contribution is 2.20. The number of nitrogens with zero attached hydrogens (tertiary/aromatic N) is 1. The van der Waals surface area contributed by atoms with Crippen molar-refractivity contribution in [3.05, 3.63) is 29.8 Å². The SMILES string of the molecule is CC(=O)Cc1cccc(N2CCOC2=O)c1. The quantitative estimate of drug-likeness (QED) is 0.778. The molecule has 4 nitrogen and oxygen atoms in total. The first kappa shape index (κ1) is 10.7. The first-order valence-electron chi connectivity index (χ1n) is 5.19. The van der Waals surface area contributed by atoms with Crippen LogP contribution in [0.2, 0.25) is 0 Å². The highest BCUT2D eigenvalue weighted by molar-refractivity contribution is 5.89. The van der Waals surface area contributed by atoms with Crippen LogP contribution in [-0.4, -0.2) is 25.0 Å². The number of benzene rings is 1. The van der Waals surface area contributed by atoms with Gasteiger partial charge < -0.3 is 4.74 Å². The lowest BCUT2D eigenvalue weighted by Crippen LogP contribution is -2.23. The number of anilines is 1. The van der Waals surface area contributed by atoms with Crippen LogP contribution in [0.25, 0.3) is 0 Å². The summed E-state index contributed by atoms with van der Waals surface area (Å²) >= 11 is 0. The van der Waals surface area contributed by atoms with Gasteiger partial charge in [0, 0.05) is 12.1 Å². The van der Waals surface area contributed by atoms with Crippen molar-refractivity contribution in [2.45, 2.75) is 13.3 Å². The Kier molecular flexibility index (Phi) is 2.90. The number of carbonyl (C=O) groups excluding carboxylic acids is 2. The molecule has 1 heterocycles. The zero-order chi connectivity index (χ0) is 11.5. The zero-order valence-electron chi connectivity index (χ0n) is 9.10. The molecule has 1 amide bonds. The number of cyclic esters (lactones) is 1. The summed E-state index contributed by atoms with van der Waals surface area (Å²) < 4.78 is 4.86. The molecular formula is C12H13NO3. The van der Waals surface area contributed by atoms with Gasteiger partial charge in [-0.3, -0.25) is 9.69 Å². The Morgan fingerprint density at radius 1 is 1.50 bits per heavy atom. The van der Waals surface area contributed by atoms with E-state index in [1.807, 2.05) is 24.3 Å². The van der Waals surface area contributed by atoms with E-state index in [-0.39, 0.29) is 11.9 Å². The molecule has 84 valence electrons. The van der Waals surface area contributed by atoms with E-state index in [4.69, 9.17) is 4.74 Å². The summed E-state index contributed by atoms with van der Waals surface area (Å²) in [6, 6.07) is 7.43. The van der Waals surface area contributed by atoms with Gasteiger partial charge in [0.1, 0.15) is 12.4 Å². The molecule has 1 fully saturated rings. The van der Waals surface area contributed by atoms with Crippen LogP contribution in [-0.2, 0) is 16.0 Å². The molecule has 0 radical (unpaired) electrons. The normalized spacial score (nSPS) is 15.1. The molecule has 1 aromatic rings. The number of carbonyl (C=O) groups is 2. The second-order valence-corrected chi connectivity index (χ2v) is 3.81. The van der Waals surface area contributed by atoms with Gasteiger partial charge in [0.2, 0.25) is 0 Å². The molecule has 4 heteroatoms. The second kappa shape index (κ2) is 4.35. The van der Waals surface area contributed by atoms with Crippen LogP contribution in [0.1, 0.15) is 12.5 Å². The molecule has 0 N–H and O–H groups in total. The number of amides is 1. The van der Waals surface area contributed by atoms with Crippen molar-refractivity contribution in [1.82, 2.24) is 0 Å². The van der Waals surface area contributed by atoms with E-state index in [0.717, 1.165) is 11.3 Å². The molecule has 0 spiro atoms. The molecule has 1 saturated heterocycles. The third-order valence-corrected chi connectivity index (χ3v) is 2.44. The fourth-order valence-corrected chi connectivity index (χ4v) is 1.75. The van der Waals surface area contributed by atoms with Gasteiger partial charge in [-0.1, -0.05) is 12.1 Å². The highest BCUT2D eigenvalue weighted by Gasteiger charge is 2.23. The predicted molar refractivity (Wildman–Crippen MR) is 59.5 cm³/mol. The molecule has 1 aliphatic heterocycles. The van der Waals surface area contributed by atoms with Crippen LogP contribution in [0, 0.1) is 0 Å². The van der Waals surface area contributed by atoms with E-state index in [0.29, 0.717) is 19.6 Å². The molecule has 1 aliphatic rings. The maximum atomic E-state index is 11.3. The van der Waals surface area contributed by atoms with E-state index < -0.39 is 0 Å². The maximum Gasteiger partial charge on any atom is 0.414 e. The third-order valence-electron chi connectivity index (χ3n) is 2.44. The molecule has 0 atom stereocenters. The predicted octanol–water partition coefficient (Wildman–Crippen LogP) is 1.77. The minimum atomic E-state index is -0.319. The summed E-state index contributed by atoms with van der Waals surface area (Å²) in [5.74, 6) is 0.112. The van der Waals surface area contributed by atoms with Crippen molar-refractivity contribution < 1.29 is 14.3 Å². The number of ketones is 1. The van der Waals surface area contributed by atoms with Gasteiger partial charge in [0.15, 0.2) is 0 Å². The minimum Gasteiger partial charge on any atom is -0.447 e. The fraction of sp³-hybridized carbons (Fsp3) is 0.333. The van der Waals surface area contributed by atoms with E-state index >= 15 is 0 Å². The summed E-state index contributed by atoms with van der Waals surface area (Å²) in [5, 5.41) is 0. The van der Waals surface area contributed by atoms with Gasteiger partial charge in [-0.05, 0) is 24.6 Å². The number of rotatable bonds is 3. The summed E-state index contributed by atoms with van der Waals surface area (Å²) in [7, 11) is 0. The molecule has 0 aliphatic carbocycles. The maximum absolute atomic E-state index is 11.3. The smallest absolute Gasteiger partial charge is 0.414 e. The second-order valence-electron chi connectivity index (χ2n) is 3.81. The zero-order valence-corrected chi connectivity index (χ0v) is 9.10. The molecule has 16 heavy (non-hydrogen) atoms. The average molecular weight is 219 g/mol. The van der Waals surface area contributed by atoms with E-state index in [2.05, 4.69) is 0 Å². The molecule has 2 rings (SSSR count). The van der Waals surface area contributed by atoms with Crippen LogP contribution >= 0.6 is 0 Å². The van der Waals surface area contributed by atoms with Gasteiger partial charge in [0.25, 0.3) is 0 Å². The van der Waals surface area contributed by atoms with Gasteiger partial charge in [-0.2, -0.15) is 0 Å². The van der Waals surface area contributed by atoms with Gasteiger partial charge in [-0.25, -0.2) is 4.79 Å². The standard InChI is InChI=1S/C12H13NO3/c1-9(14)7-10-3-2-4-11(8-10)13-5-6-16-12(13)15/h2-4,8H,5-7H2,1H3. The van der Waals surface area contributed by atoms with Crippen molar-refractivity contribution >= 4 is 17.6 Å². The van der Waals surface area contributed by atoms with Crippen LogP contribution in [0.4, 0.5) is 10.5 Å². The lowest BCUT2D eigenvalue weighted by atomic mass is 10.1. The fourth-order valence-electron chi connectivity index (χ4n) is 1.75. The molecule has 0 saturated carbocycles. The molecule has 1 aromatic carbocycles. The molecule has 0 aromatic heterocycles. The van der Waals surface area contributed by atoms with Crippen molar-refractivity contribution in [2.24, 2.45) is 0 Å². The van der Waals surface area contributed by atoms with E-state index in [1.165, 1.54) is 0 Å². The van der Waals surface area contributed by atoms with Crippen LogP contribution in [0.15, 0.2) is 24.3 Å². The molecule has 0 bridgehead atoms. The van der Waals surface area contributed by atoms with E-state index in [1.54, 1.807) is 11.8 Å². The van der Waals surface area contributed by atoms with Crippen molar-refractivity contribution in [3.8, 4) is 0 Å². The topological polar surface area (TPSA) is 46.6 Å². The number of hydrogen-bond donors (Lipinski definition) is 0. The summed E-state index contributed by atoms with van der Waals surface area (Å²) in [6.45, 7) is 2.55. The summed E-state index contributed by atoms with van der Waals surface area (Å²) in [5.41, 5.74) is 1.71. The Bertz CT molecular complexity index is 428. The highest BCUT2D eigenvalue weighted by atomic mass is 16.6. The first-order chi connectivity index (χ1) is 7.66. The Labute approximate surface area is 93.8 Å². The monoisotopic (exact) mass is 219 g/mol. The van der Waals surface area contributed by atoms with Gasteiger partial charge in [-0.15, -0.1) is 0 Å². The summed E-state index contributed by atoms with van der Waals surface area (Å²) in [6.07, 6.45) is 0.0801. The first-order valence-corrected chi connectivity index (χ1v) is 5.19. The lowest BCUT2D eigenvalue weighted by molar-refractivity contribution is -0.116. The van der Waals surface area contributed by atoms with Crippen molar-refractivity contribution in [2.75, 3.05) is 18.1 Å².